The lowest BCUT2D eigenvalue weighted by Crippen LogP contribution is -2.44. The van der Waals surface area contributed by atoms with Crippen molar-refractivity contribution < 1.29 is 0 Å². The zero-order valence-corrected chi connectivity index (χ0v) is 10.4. The standard InChI is InChI=1S/C12H20N2S/c1-3-7-14-12(6-4-5-10(12)2)11-13-8-9-15-11/h8-10,14H,3-7H2,1-2H3. The fraction of sp³-hybridized carbons (Fsp3) is 0.750. The molecule has 1 aliphatic rings. The molecule has 2 nitrogen and oxygen atoms in total. The number of aromatic nitrogens is 1. The van der Waals surface area contributed by atoms with Gasteiger partial charge in [0.15, 0.2) is 0 Å². The molecule has 2 rings (SSSR count). The summed E-state index contributed by atoms with van der Waals surface area (Å²) in [4.78, 5) is 4.53. The molecule has 0 radical (unpaired) electrons. The van der Waals surface area contributed by atoms with Gasteiger partial charge < -0.3 is 5.32 Å². The summed E-state index contributed by atoms with van der Waals surface area (Å²) in [6.07, 6.45) is 7.04. The van der Waals surface area contributed by atoms with Crippen LogP contribution in [-0.2, 0) is 5.54 Å². The van der Waals surface area contributed by atoms with Crippen molar-refractivity contribution in [1.29, 1.82) is 0 Å². The van der Waals surface area contributed by atoms with Gasteiger partial charge in [0.25, 0.3) is 0 Å². The molecule has 0 bridgehead atoms. The van der Waals surface area contributed by atoms with E-state index in [-0.39, 0.29) is 5.54 Å². The molecule has 1 aromatic heterocycles. The highest BCUT2D eigenvalue weighted by molar-refractivity contribution is 7.09. The highest BCUT2D eigenvalue weighted by atomic mass is 32.1. The van der Waals surface area contributed by atoms with E-state index in [2.05, 4.69) is 29.5 Å². The lowest BCUT2D eigenvalue weighted by atomic mass is 9.89. The summed E-state index contributed by atoms with van der Waals surface area (Å²) in [5.74, 6) is 0.718. The summed E-state index contributed by atoms with van der Waals surface area (Å²) in [6, 6.07) is 0. The summed E-state index contributed by atoms with van der Waals surface area (Å²) in [7, 11) is 0. The van der Waals surface area contributed by atoms with E-state index in [0.29, 0.717) is 0 Å². The third-order valence-corrected chi connectivity index (χ3v) is 4.50. The molecule has 0 spiro atoms. The van der Waals surface area contributed by atoms with Crippen molar-refractivity contribution in [3.63, 3.8) is 0 Å². The third kappa shape index (κ3) is 1.95. The van der Waals surface area contributed by atoms with E-state index in [1.807, 2.05) is 6.20 Å². The van der Waals surface area contributed by atoms with E-state index in [9.17, 15) is 0 Å². The predicted molar refractivity (Wildman–Crippen MR) is 65.1 cm³/mol. The molecule has 2 atom stereocenters. The second-order valence-corrected chi connectivity index (χ2v) is 5.42. The van der Waals surface area contributed by atoms with Crippen LogP contribution in [0.3, 0.4) is 0 Å². The second-order valence-electron chi connectivity index (χ2n) is 4.53. The minimum Gasteiger partial charge on any atom is -0.305 e. The van der Waals surface area contributed by atoms with Gasteiger partial charge in [-0.2, -0.15) is 0 Å². The van der Waals surface area contributed by atoms with Gasteiger partial charge in [-0.15, -0.1) is 11.3 Å². The average molecular weight is 224 g/mol. The minimum atomic E-state index is 0.185. The molecule has 2 unspecified atom stereocenters. The maximum absolute atomic E-state index is 4.53. The van der Waals surface area contributed by atoms with Crippen LogP contribution in [0.25, 0.3) is 0 Å². The van der Waals surface area contributed by atoms with Crippen LogP contribution < -0.4 is 5.32 Å². The Morgan fingerprint density at radius 1 is 1.67 bits per heavy atom. The smallest absolute Gasteiger partial charge is 0.113 e. The van der Waals surface area contributed by atoms with Crippen molar-refractivity contribution in [2.75, 3.05) is 6.54 Å². The molecule has 0 aromatic carbocycles. The Labute approximate surface area is 96.1 Å². The molecule has 1 heterocycles. The lowest BCUT2D eigenvalue weighted by molar-refractivity contribution is 0.262. The van der Waals surface area contributed by atoms with Crippen molar-refractivity contribution in [2.24, 2.45) is 5.92 Å². The van der Waals surface area contributed by atoms with Gasteiger partial charge in [0.05, 0.1) is 5.54 Å². The van der Waals surface area contributed by atoms with Gasteiger partial charge in [0.1, 0.15) is 5.01 Å². The van der Waals surface area contributed by atoms with Crippen LogP contribution >= 0.6 is 11.3 Å². The van der Waals surface area contributed by atoms with Crippen LogP contribution in [0.4, 0.5) is 0 Å². The molecule has 1 aliphatic carbocycles. The van der Waals surface area contributed by atoms with Gasteiger partial charge in [0, 0.05) is 11.6 Å². The van der Waals surface area contributed by atoms with Gasteiger partial charge in [0.2, 0.25) is 0 Å². The molecule has 1 aromatic rings. The summed E-state index contributed by atoms with van der Waals surface area (Å²) in [6.45, 7) is 5.68. The van der Waals surface area contributed by atoms with E-state index in [0.717, 1.165) is 12.5 Å². The maximum Gasteiger partial charge on any atom is 0.113 e. The topological polar surface area (TPSA) is 24.9 Å². The molecule has 1 N–H and O–H groups in total. The highest BCUT2D eigenvalue weighted by Gasteiger charge is 2.42. The van der Waals surface area contributed by atoms with Crippen molar-refractivity contribution in [1.82, 2.24) is 10.3 Å². The molecule has 15 heavy (non-hydrogen) atoms. The molecule has 1 saturated carbocycles. The number of rotatable bonds is 4. The largest absolute Gasteiger partial charge is 0.305 e. The zero-order chi connectivity index (χ0) is 10.7. The number of nitrogens with one attached hydrogen (secondary N) is 1. The van der Waals surface area contributed by atoms with E-state index in [4.69, 9.17) is 0 Å². The lowest BCUT2D eigenvalue weighted by Gasteiger charge is -2.33. The summed E-state index contributed by atoms with van der Waals surface area (Å²) in [5, 5.41) is 7.13. The van der Waals surface area contributed by atoms with Crippen LogP contribution in [0.1, 0.15) is 44.5 Å². The molecular formula is C12H20N2S. The molecule has 0 saturated heterocycles. The molecule has 1 fully saturated rings. The van der Waals surface area contributed by atoms with E-state index in [1.165, 1.54) is 30.7 Å². The van der Waals surface area contributed by atoms with E-state index in [1.54, 1.807) is 11.3 Å². The van der Waals surface area contributed by atoms with Crippen LogP contribution in [0.15, 0.2) is 11.6 Å². The Hall–Kier alpha value is -0.410. The fourth-order valence-corrected chi connectivity index (χ4v) is 3.59. The average Bonchev–Trinajstić information content (AvgIpc) is 2.85. The van der Waals surface area contributed by atoms with Crippen LogP contribution in [-0.4, -0.2) is 11.5 Å². The van der Waals surface area contributed by atoms with Gasteiger partial charge in [-0.3, -0.25) is 0 Å². The molecular weight excluding hydrogens is 204 g/mol. The number of nitrogens with zero attached hydrogens (tertiary/aromatic N) is 1. The second kappa shape index (κ2) is 4.62. The maximum atomic E-state index is 4.53. The van der Waals surface area contributed by atoms with Gasteiger partial charge in [-0.1, -0.05) is 20.3 Å². The molecule has 84 valence electrons. The van der Waals surface area contributed by atoms with E-state index >= 15 is 0 Å². The Morgan fingerprint density at radius 3 is 3.07 bits per heavy atom. The van der Waals surface area contributed by atoms with Crippen LogP contribution in [0.5, 0.6) is 0 Å². The molecule has 3 heteroatoms. The third-order valence-electron chi connectivity index (χ3n) is 3.55. The minimum absolute atomic E-state index is 0.185. The van der Waals surface area contributed by atoms with E-state index < -0.39 is 0 Å². The molecule has 0 amide bonds. The summed E-state index contributed by atoms with van der Waals surface area (Å²) >= 11 is 1.80. The van der Waals surface area contributed by atoms with Crippen LogP contribution in [0.2, 0.25) is 0 Å². The normalized spacial score (nSPS) is 30.9. The first-order chi connectivity index (χ1) is 7.29. The Kier molecular flexibility index (Phi) is 3.42. The fourth-order valence-electron chi connectivity index (χ4n) is 2.63. The Morgan fingerprint density at radius 2 is 2.53 bits per heavy atom. The Balaban J connectivity index is 2.23. The van der Waals surface area contributed by atoms with Crippen molar-refractivity contribution in [3.05, 3.63) is 16.6 Å². The first-order valence-corrected chi connectivity index (χ1v) is 6.82. The number of thiazole rings is 1. The van der Waals surface area contributed by atoms with Crippen molar-refractivity contribution in [2.45, 2.75) is 45.1 Å². The zero-order valence-electron chi connectivity index (χ0n) is 9.62. The summed E-state index contributed by atoms with van der Waals surface area (Å²) < 4.78 is 0. The number of hydrogen-bond donors (Lipinski definition) is 1. The Bertz CT molecular complexity index is 297. The first kappa shape index (κ1) is 11.1. The molecule has 0 aliphatic heterocycles. The summed E-state index contributed by atoms with van der Waals surface area (Å²) in [5.41, 5.74) is 0.185. The predicted octanol–water partition coefficient (Wildman–Crippen LogP) is 3.16. The van der Waals surface area contributed by atoms with Crippen molar-refractivity contribution >= 4 is 11.3 Å². The van der Waals surface area contributed by atoms with Gasteiger partial charge in [-0.05, 0) is 31.7 Å². The monoisotopic (exact) mass is 224 g/mol. The van der Waals surface area contributed by atoms with Gasteiger partial charge in [-0.25, -0.2) is 4.98 Å². The quantitative estimate of drug-likeness (QED) is 0.850. The van der Waals surface area contributed by atoms with Gasteiger partial charge >= 0.3 is 0 Å². The SMILES string of the molecule is CCCNC1(c2nccs2)CCCC1C. The van der Waals surface area contributed by atoms with Crippen LogP contribution in [0, 0.1) is 5.92 Å². The highest BCUT2D eigenvalue weighted by Crippen LogP contribution is 2.43. The first-order valence-electron chi connectivity index (χ1n) is 5.94. The number of hydrogen-bond acceptors (Lipinski definition) is 3. The van der Waals surface area contributed by atoms with Crippen molar-refractivity contribution in [3.8, 4) is 0 Å².